The average Bonchev–Trinajstić information content (AvgIpc) is 2.76. The lowest BCUT2D eigenvalue weighted by atomic mass is 9.90. The molecule has 1 unspecified atom stereocenters. The van der Waals surface area contributed by atoms with Crippen molar-refractivity contribution in [2.24, 2.45) is 5.92 Å². The molecule has 2 nitrogen and oxygen atoms in total. The van der Waals surface area contributed by atoms with Gasteiger partial charge in [-0.25, -0.2) is 13.2 Å². The molecule has 39 heavy (non-hydrogen) atoms. The summed E-state index contributed by atoms with van der Waals surface area (Å²) in [6, 6.07) is 5.13. The SMILES string of the molecule is C[C@H](CC(=O)CC(F)(F)F)CC(=O)c1ccc(/C(F)=C/C(c2ccc(Cl)c(Cl)c2)C(C)(F)F)cc1C(F)(F)F. The van der Waals surface area contributed by atoms with Crippen molar-refractivity contribution in [2.75, 3.05) is 0 Å². The minimum Gasteiger partial charge on any atom is -0.299 e. The first kappa shape index (κ1) is 32.7. The molecule has 2 aromatic carbocycles. The lowest BCUT2D eigenvalue weighted by Crippen LogP contribution is -2.21. The quantitative estimate of drug-likeness (QED) is 0.199. The van der Waals surface area contributed by atoms with Crippen LogP contribution in [0.4, 0.5) is 39.5 Å². The second-order valence-corrected chi connectivity index (χ2v) is 9.96. The molecular weight excluding hydrogens is 586 g/mol. The third-order valence-electron chi connectivity index (χ3n) is 5.57. The number of alkyl halides is 8. The van der Waals surface area contributed by atoms with Crippen LogP contribution in [0.25, 0.3) is 5.83 Å². The number of allylic oxidation sites excluding steroid dienone is 1. The number of hydrogen-bond acceptors (Lipinski definition) is 2. The van der Waals surface area contributed by atoms with E-state index in [0.29, 0.717) is 19.1 Å². The fraction of sp³-hybridized carbons (Fsp3) is 0.385. The highest BCUT2D eigenvalue weighted by Gasteiger charge is 2.38. The lowest BCUT2D eigenvalue weighted by molar-refractivity contribution is -0.152. The number of benzene rings is 2. The van der Waals surface area contributed by atoms with Gasteiger partial charge < -0.3 is 0 Å². The molecule has 0 fully saturated rings. The van der Waals surface area contributed by atoms with E-state index >= 15 is 4.39 Å². The Hall–Kier alpha value is -2.53. The Kier molecular flexibility index (Phi) is 10.3. The summed E-state index contributed by atoms with van der Waals surface area (Å²) in [6.07, 6.45) is -12.6. The van der Waals surface area contributed by atoms with Gasteiger partial charge in [0.2, 0.25) is 0 Å². The van der Waals surface area contributed by atoms with Crippen LogP contribution in [0, 0.1) is 5.92 Å². The van der Waals surface area contributed by atoms with Gasteiger partial charge in [0.15, 0.2) is 5.78 Å². The van der Waals surface area contributed by atoms with Gasteiger partial charge in [0.1, 0.15) is 18.0 Å². The minimum atomic E-state index is -5.17. The summed E-state index contributed by atoms with van der Waals surface area (Å²) in [5, 5.41) is -0.0640. The maximum absolute atomic E-state index is 15.1. The number of hydrogen-bond donors (Lipinski definition) is 0. The molecule has 2 rings (SSSR count). The Morgan fingerprint density at radius 1 is 0.897 bits per heavy atom. The van der Waals surface area contributed by atoms with Crippen molar-refractivity contribution < 1.29 is 49.1 Å². The predicted octanol–water partition coefficient (Wildman–Crippen LogP) is 9.88. The molecule has 0 saturated heterocycles. The van der Waals surface area contributed by atoms with E-state index < -0.39 is 83.5 Å². The Balaban J connectivity index is 2.40. The lowest BCUT2D eigenvalue weighted by Gasteiger charge is -2.22. The molecule has 0 aliphatic carbocycles. The van der Waals surface area contributed by atoms with E-state index in [0.717, 1.165) is 18.2 Å². The Bertz CT molecular complexity index is 1250. The molecule has 13 heteroatoms. The molecule has 0 heterocycles. The van der Waals surface area contributed by atoms with Crippen molar-refractivity contribution in [3.05, 3.63) is 74.8 Å². The largest absolute Gasteiger partial charge is 0.417 e. The summed E-state index contributed by atoms with van der Waals surface area (Å²) >= 11 is 11.6. The van der Waals surface area contributed by atoms with Gasteiger partial charge >= 0.3 is 12.4 Å². The van der Waals surface area contributed by atoms with E-state index in [9.17, 15) is 44.7 Å². The Labute approximate surface area is 227 Å². The van der Waals surface area contributed by atoms with E-state index in [1.807, 2.05) is 0 Å². The van der Waals surface area contributed by atoms with E-state index in [2.05, 4.69) is 0 Å². The van der Waals surface area contributed by atoms with Gasteiger partial charge in [0.25, 0.3) is 5.92 Å². The van der Waals surface area contributed by atoms with Crippen molar-refractivity contribution >= 4 is 40.6 Å². The summed E-state index contributed by atoms with van der Waals surface area (Å²) < 4.78 is 122. The number of carbonyl (C=O) groups excluding carboxylic acids is 2. The van der Waals surface area contributed by atoms with Crippen molar-refractivity contribution in [3.8, 4) is 0 Å². The molecule has 0 N–H and O–H groups in total. The van der Waals surface area contributed by atoms with Crippen molar-refractivity contribution in [2.45, 2.75) is 57.3 Å². The fourth-order valence-corrected chi connectivity index (χ4v) is 4.14. The highest BCUT2D eigenvalue weighted by molar-refractivity contribution is 6.42. The number of ketones is 2. The standard InChI is InChI=1S/C26H21Cl2F9O2/c1-13(7-16(38)12-25(32,33)34)8-23(39)17-5-3-15(9-19(17)26(35,36)37)22(29)11-18(24(2,30)31)14-4-6-20(27)21(28)10-14/h3-6,9-11,13,18H,7-8,12H2,1-2H3/b22-11-/t13-,18?/m1/s1. The highest BCUT2D eigenvalue weighted by atomic mass is 35.5. The maximum atomic E-state index is 15.1. The Morgan fingerprint density at radius 3 is 2.03 bits per heavy atom. The number of rotatable bonds is 10. The molecule has 2 aromatic rings. The van der Waals surface area contributed by atoms with Crippen LogP contribution in [0.5, 0.6) is 0 Å². The van der Waals surface area contributed by atoms with Crippen molar-refractivity contribution in [1.29, 1.82) is 0 Å². The monoisotopic (exact) mass is 606 g/mol. The summed E-state index contributed by atoms with van der Waals surface area (Å²) in [6.45, 7) is 1.71. The molecular formula is C26H21Cl2F9O2. The number of Topliss-reactive ketones (excluding diaryl/α,β-unsaturated/α-hetero) is 2. The summed E-state index contributed by atoms with van der Waals surface area (Å²) in [5.74, 6) is -10.3. The third kappa shape index (κ3) is 9.56. The van der Waals surface area contributed by atoms with Gasteiger partial charge in [-0.2, -0.15) is 26.3 Å². The topological polar surface area (TPSA) is 34.1 Å². The normalized spacial score (nSPS) is 14.7. The molecule has 0 aromatic heterocycles. The van der Waals surface area contributed by atoms with E-state index in [-0.39, 0.29) is 21.7 Å². The first-order valence-corrected chi connectivity index (χ1v) is 12.0. The summed E-state index contributed by atoms with van der Waals surface area (Å²) in [4.78, 5) is 24.1. The van der Waals surface area contributed by atoms with Gasteiger partial charge in [-0.1, -0.05) is 48.3 Å². The fourth-order valence-electron chi connectivity index (χ4n) is 3.84. The molecule has 0 radical (unpaired) electrons. The molecule has 0 aliphatic heterocycles. The third-order valence-corrected chi connectivity index (χ3v) is 6.31. The Morgan fingerprint density at radius 2 is 1.51 bits per heavy atom. The van der Waals surface area contributed by atoms with Gasteiger partial charge in [-0.15, -0.1) is 0 Å². The average molecular weight is 607 g/mol. The number of carbonyl (C=O) groups is 2. The molecule has 214 valence electrons. The van der Waals surface area contributed by atoms with Gasteiger partial charge in [0.05, 0.1) is 21.5 Å². The predicted molar refractivity (Wildman–Crippen MR) is 129 cm³/mol. The van der Waals surface area contributed by atoms with E-state index in [1.165, 1.54) is 13.0 Å². The second-order valence-electron chi connectivity index (χ2n) is 9.15. The molecule has 0 saturated carbocycles. The van der Waals surface area contributed by atoms with Crippen LogP contribution in [0.3, 0.4) is 0 Å². The molecule has 0 spiro atoms. The molecule has 0 aliphatic rings. The first-order valence-electron chi connectivity index (χ1n) is 11.2. The number of halogens is 11. The molecule has 0 bridgehead atoms. The van der Waals surface area contributed by atoms with Crippen LogP contribution in [-0.2, 0) is 11.0 Å². The molecule has 2 atom stereocenters. The van der Waals surface area contributed by atoms with E-state index in [1.54, 1.807) is 0 Å². The second kappa shape index (κ2) is 12.3. The zero-order valence-corrected chi connectivity index (χ0v) is 21.8. The smallest absolute Gasteiger partial charge is 0.299 e. The summed E-state index contributed by atoms with van der Waals surface area (Å²) in [5.41, 5.74) is -3.39. The zero-order valence-electron chi connectivity index (χ0n) is 20.3. The maximum Gasteiger partial charge on any atom is 0.417 e. The van der Waals surface area contributed by atoms with E-state index in [4.69, 9.17) is 23.2 Å². The molecule has 0 amide bonds. The van der Waals surface area contributed by atoms with Crippen LogP contribution < -0.4 is 0 Å². The van der Waals surface area contributed by atoms with Crippen LogP contribution in [0.1, 0.15) is 66.1 Å². The first-order chi connectivity index (χ1) is 17.7. The van der Waals surface area contributed by atoms with Gasteiger partial charge in [-0.05, 0) is 35.8 Å². The highest BCUT2D eigenvalue weighted by Crippen LogP contribution is 2.40. The summed E-state index contributed by atoms with van der Waals surface area (Å²) in [7, 11) is 0. The van der Waals surface area contributed by atoms with Crippen molar-refractivity contribution in [3.63, 3.8) is 0 Å². The van der Waals surface area contributed by atoms with Crippen LogP contribution in [0.2, 0.25) is 10.0 Å². The minimum absolute atomic E-state index is 0.0390. The van der Waals surface area contributed by atoms with Crippen LogP contribution in [-0.4, -0.2) is 23.7 Å². The zero-order chi connectivity index (χ0) is 29.9. The van der Waals surface area contributed by atoms with Crippen LogP contribution in [0.15, 0.2) is 42.5 Å². The van der Waals surface area contributed by atoms with Gasteiger partial charge in [0, 0.05) is 30.9 Å². The van der Waals surface area contributed by atoms with Crippen molar-refractivity contribution in [1.82, 2.24) is 0 Å². The van der Waals surface area contributed by atoms with Gasteiger partial charge in [-0.3, -0.25) is 9.59 Å². The van der Waals surface area contributed by atoms with Crippen LogP contribution >= 0.6 is 23.2 Å².